The topological polar surface area (TPSA) is 107 Å². The molecule has 2 aliphatic rings. The first-order chi connectivity index (χ1) is 19.6. The summed E-state index contributed by atoms with van der Waals surface area (Å²) in [6.07, 6.45) is 1.94. The average Bonchev–Trinajstić information content (AvgIpc) is 3.56. The number of benzene rings is 3. The summed E-state index contributed by atoms with van der Waals surface area (Å²) in [5.74, 6) is 3.17. The number of carbonyl (C=O) groups is 1. The first-order valence-electron chi connectivity index (χ1n) is 13.4. The van der Waals surface area contributed by atoms with Gasteiger partial charge in [-0.3, -0.25) is 4.79 Å². The Labute approximate surface area is 240 Å². The van der Waals surface area contributed by atoms with Crippen molar-refractivity contribution in [3.05, 3.63) is 64.7 Å². The van der Waals surface area contributed by atoms with E-state index in [4.69, 9.17) is 28.4 Å². The molecule has 0 unspecified atom stereocenters. The lowest BCUT2D eigenvalue weighted by atomic mass is 9.93. The lowest BCUT2D eigenvalue weighted by Gasteiger charge is -2.16. The molecule has 10 heteroatoms. The van der Waals surface area contributed by atoms with Crippen molar-refractivity contribution < 1.29 is 41.6 Å². The number of fused-ring (bicyclic) bond motifs is 2. The molecule has 0 amide bonds. The number of methoxy groups -OCH3 is 1. The molecule has 0 saturated heterocycles. The first-order valence-corrected chi connectivity index (χ1v) is 15.5. The van der Waals surface area contributed by atoms with Gasteiger partial charge < -0.3 is 28.4 Å². The number of hydrogen-bond acceptors (Lipinski definition) is 9. The molecule has 0 bridgehead atoms. The average molecular weight is 583 g/mol. The van der Waals surface area contributed by atoms with Gasteiger partial charge in [-0.05, 0) is 72.9 Å². The summed E-state index contributed by atoms with van der Waals surface area (Å²) in [5, 5.41) is 0. The summed E-state index contributed by atoms with van der Waals surface area (Å²) in [7, 11) is -1.63. The number of esters is 1. The van der Waals surface area contributed by atoms with Crippen LogP contribution in [0.4, 0.5) is 0 Å². The Hall–Kier alpha value is -3.92. The zero-order valence-corrected chi connectivity index (χ0v) is 24.5. The van der Waals surface area contributed by atoms with E-state index in [1.807, 2.05) is 56.3 Å². The minimum absolute atomic E-state index is 0.0345. The van der Waals surface area contributed by atoms with Gasteiger partial charge in [0.15, 0.2) is 11.5 Å². The molecular weight excluding hydrogens is 548 g/mol. The van der Waals surface area contributed by atoms with Gasteiger partial charge in [0.2, 0.25) is 6.79 Å². The van der Waals surface area contributed by atoms with Crippen LogP contribution >= 0.6 is 0 Å². The van der Waals surface area contributed by atoms with Crippen molar-refractivity contribution in [2.24, 2.45) is 0 Å². The summed E-state index contributed by atoms with van der Waals surface area (Å²) >= 11 is 0. The van der Waals surface area contributed by atoms with Crippen molar-refractivity contribution in [3.63, 3.8) is 0 Å². The fourth-order valence-corrected chi connectivity index (χ4v) is 5.91. The second kappa shape index (κ2) is 11.9. The van der Waals surface area contributed by atoms with E-state index in [2.05, 4.69) is 0 Å². The van der Waals surface area contributed by atoms with Crippen molar-refractivity contribution in [3.8, 4) is 39.9 Å². The highest BCUT2D eigenvalue weighted by molar-refractivity contribution is 7.90. The molecule has 3 aromatic carbocycles. The summed E-state index contributed by atoms with van der Waals surface area (Å²) in [5.41, 5.74) is 5.87. The minimum Gasteiger partial charge on any atom is -0.494 e. The molecule has 0 fully saturated rings. The standard InChI is InChI=1S/C31H34O9S/c1-19-10-25(36-8-5-9-41(4,33)34)11-20(2)30(19)21-12-23(31-28(13-21)39-18-40-31)17-37-24-6-7-26-22(14-29(32)35-3)16-38-27(26)15-24/h6-7,10-13,15,22H,5,8-9,14,16-18H2,1-4H3/t22-/m1/s1. The van der Waals surface area contributed by atoms with Gasteiger partial charge in [-0.15, -0.1) is 0 Å². The van der Waals surface area contributed by atoms with E-state index in [9.17, 15) is 13.2 Å². The minimum atomic E-state index is -3.01. The van der Waals surface area contributed by atoms with Gasteiger partial charge in [0.1, 0.15) is 33.7 Å². The molecule has 5 rings (SSSR count). The monoisotopic (exact) mass is 582 g/mol. The van der Waals surface area contributed by atoms with Crippen LogP contribution in [0.5, 0.6) is 28.7 Å². The van der Waals surface area contributed by atoms with Crippen LogP contribution in [-0.4, -0.2) is 53.5 Å². The molecule has 218 valence electrons. The van der Waals surface area contributed by atoms with Crippen molar-refractivity contribution in [2.75, 3.05) is 39.1 Å². The van der Waals surface area contributed by atoms with Crippen LogP contribution in [0.2, 0.25) is 0 Å². The summed E-state index contributed by atoms with van der Waals surface area (Å²) < 4.78 is 56.9. The normalized spacial score (nSPS) is 15.3. The second-order valence-corrected chi connectivity index (χ2v) is 12.7. The van der Waals surface area contributed by atoms with Crippen molar-refractivity contribution in [1.82, 2.24) is 0 Å². The largest absolute Gasteiger partial charge is 0.494 e. The molecule has 2 heterocycles. The Morgan fingerprint density at radius 3 is 2.46 bits per heavy atom. The van der Waals surface area contributed by atoms with Crippen LogP contribution in [0.3, 0.4) is 0 Å². The quantitative estimate of drug-likeness (QED) is 0.225. The Balaban J connectivity index is 1.32. The number of ether oxygens (including phenoxy) is 6. The van der Waals surface area contributed by atoms with Crippen LogP contribution in [0.25, 0.3) is 11.1 Å². The molecule has 0 aliphatic carbocycles. The van der Waals surface area contributed by atoms with Gasteiger partial charge in [-0.2, -0.15) is 0 Å². The zero-order valence-electron chi connectivity index (χ0n) is 23.7. The number of rotatable bonds is 11. The third-order valence-electron chi connectivity index (χ3n) is 7.17. The van der Waals surface area contributed by atoms with E-state index in [0.717, 1.165) is 33.4 Å². The lowest BCUT2D eigenvalue weighted by Crippen LogP contribution is -2.09. The lowest BCUT2D eigenvalue weighted by molar-refractivity contribution is -0.141. The molecule has 0 saturated carbocycles. The van der Waals surface area contributed by atoms with Gasteiger partial charge in [0, 0.05) is 29.4 Å². The van der Waals surface area contributed by atoms with E-state index in [1.165, 1.54) is 13.4 Å². The van der Waals surface area contributed by atoms with Gasteiger partial charge in [-0.25, -0.2) is 8.42 Å². The third-order valence-corrected chi connectivity index (χ3v) is 8.20. The fraction of sp³-hybridized carbons (Fsp3) is 0.387. The van der Waals surface area contributed by atoms with Gasteiger partial charge in [0.05, 0.1) is 32.5 Å². The van der Waals surface area contributed by atoms with Gasteiger partial charge in [-0.1, -0.05) is 6.07 Å². The third kappa shape index (κ3) is 6.70. The highest BCUT2D eigenvalue weighted by Gasteiger charge is 2.27. The molecule has 0 aromatic heterocycles. The van der Waals surface area contributed by atoms with Crippen LogP contribution < -0.4 is 23.7 Å². The SMILES string of the molecule is COC(=O)C[C@@H]1COc2cc(OCc3cc(-c4c(C)cc(OCCCS(C)(=O)=O)cc4C)cc4c3OCO4)ccc21. The predicted octanol–water partition coefficient (Wildman–Crippen LogP) is 5.13. The van der Waals surface area contributed by atoms with E-state index < -0.39 is 9.84 Å². The molecule has 3 aromatic rings. The van der Waals surface area contributed by atoms with Crippen LogP contribution in [0.15, 0.2) is 42.5 Å². The Bertz CT molecular complexity index is 1540. The smallest absolute Gasteiger partial charge is 0.306 e. The van der Waals surface area contributed by atoms with Crippen molar-refractivity contribution in [2.45, 2.75) is 39.2 Å². The fourth-order valence-electron chi connectivity index (χ4n) is 5.27. The predicted molar refractivity (Wildman–Crippen MR) is 153 cm³/mol. The molecule has 0 radical (unpaired) electrons. The zero-order chi connectivity index (χ0) is 29.1. The molecule has 9 nitrogen and oxygen atoms in total. The summed E-state index contributed by atoms with van der Waals surface area (Å²) in [4.78, 5) is 11.7. The number of aryl methyl sites for hydroxylation is 2. The maximum atomic E-state index is 11.7. The highest BCUT2D eigenvalue weighted by Crippen LogP contribution is 2.43. The van der Waals surface area contributed by atoms with Crippen LogP contribution in [0, 0.1) is 13.8 Å². The number of carbonyl (C=O) groups excluding carboxylic acids is 1. The van der Waals surface area contributed by atoms with Gasteiger partial charge >= 0.3 is 5.97 Å². The first kappa shape index (κ1) is 28.6. The molecule has 0 spiro atoms. The molecule has 2 aliphatic heterocycles. The number of sulfone groups is 1. The summed E-state index contributed by atoms with van der Waals surface area (Å²) in [6.45, 7) is 5.19. The molecule has 1 atom stereocenters. The van der Waals surface area contributed by atoms with E-state index >= 15 is 0 Å². The Morgan fingerprint density at radius 2 is 1.73 bits per heavy atom. The van der Waals surface area contributed by atoms with Crippen LogP contribution in [-0.2, 0) is 26.0 Å². The molecule has 0 N–H and O–H groups in total. The highest BCUT2D eigenvalue weighted by atomic mass is 32.2. The number of hydrogen-bond donors (Lipinski definition) is 0. The summed E-state index contributed by atoms with van der Waals surface area (Å²) in [6, 6.07) is 13.6. The Kier molecular flexibility index (Phi) is 8.30. The molecule has 41 heavy (non-hydrogen) atoms. The van der Waals surface area contributed by atoms with Crippen molar-refractivity contribution in [1.29, 1.82) is 0 Å². The van der Waals surface area contributed by atoms with E-state index in [0.29, 0.717) is 48.4 Å². The van der Waals surface area contributed by atoms with E-state index in [1.54, 1.807) is 0 Å². The molecular formula is C31H34O9S. The Morgan fingerprint density at radius 1 is 0.951 bits per heavy atom. The van der Waals surface area contributed by atoms with Crippen molar-refractivity contribution >= 4 is 15.8 Å². The second-order valence-electron chi connectivity index (χ2n) is 10.4. The van der Waals surface area contributed by atoms with Crippen LogP contribution in [0.1, 0.15) is 41.0 Å². The maximum Gasteiger partial charge on any atom is 0.306 e. The maximum absolute atomic E-state index is 11.7. The van der Waals surface area contributed by atoms with Gasteiger partial charge in [0.25, 0.3) is 0 Å². The van der Waals surface area contributed by atoms with E-state index in [-0.39, 0.29) is 37.5 Å².